The molecule has 0 radical (unpaired) electrons. The van der Waals surface area contributed by atoms with E-state index in [2.05, 4.69) is 0 Å². The molecule has 0 bridgehead atoms. The van der Waals surface area contributed by atoms with E-state index in [4.69, 9.17) is 5.73 Å². The summed E-state index contributed by atoms with van der Waals surface area (Å²) in [5.74, 6) is 0.532. The van der Waals surface area contributed by atoms with Crippen molar-refractivity contribution in [2.75, 3.05) is 13.1 Å². The van der Waals surface area contributed by atoms with Crippen LogP contribution in [0.1, 0.15) is 30.7 Å². The lowest BCUT2D eigenvalue weighted by atomic mass is 9.85. The van der Waals surface area contributed by atoms with Crippen molar-refractivity contribution in [3.8, 4) is 0 Å². The maximum absolute atomic E-state index is 12.9. The van der Waals surface area contributed by atoms with E-state index in [0.29, 0.717) is 6.54 Å². The van der Waals surface area contributed by atoms with Crippen molar-refractivity contribution in [1.82, 2.24) is 4.90 Å². The zero-order valence-electron chi connectivity index (χ0n) is 10.9. The van der Waals surface area contributed by atoms with Gasteiger partial charge in [-0.1, -0.05) is 12.1 Å². The maximum Gasteiger partial charge on any atom is 0.225 e. The van der Waals surface area contributed by atoms with Crippen molar-refractivity contribution >= 4 is 5.91 Å². The fourth-order valence-electron chi connectivity index (χ4n) is 2.89. The van der Waals surface area contributed by atoms with Crippen molar-refractivity contribution in [2.24, 2.45) is 11.7 Å². The lowest BCUT2D eigenvalue weighted by Crippen LogP contribution is -2.50. The molecule has 3 rings (SSSR count). The number of rotatable bonds is 2. The molecule has 1 aliphatic carbocycles. The van der Waals surface area contributed by atoms with Crippen LogP contribution in [-0.4, -0.2) is 29.9 Å². The summed E-state index contributed by atoms with van der Waals surface area (Å²) < 4.78 is 12.9. The predicted octanol–water partition coefficient (Wildman–Crippen LogP) is 1.88. The highest BCUT2D eigenvalue weighted by Crippen LogP contribution is 2.34. The minimum absolute atomic E-state index is 0.0538. The zero-order valence-corrected chi connectivity index (χ0v) is 10.9. The molecule has 1 aromatic rings. The summed E-state index contributed by atoms with van der Waals surface area (Å²) in [4.78, 5) is 13.9. The molecule has 1 aromatic carbocycles. The maximum atomic E-state index is 12.9. The summed E-state index contributed by atoms with van der Waals surface area (Å²) in [6.07, 6.45) is 2.93. The SMILES string of the molecule is NC1CN(C(=O)C2CC2)CCC1c1ccc(F)cc1. The van der Waals surface area contributed by atoms with Crippen molar-refractivity contribution in [3.63, 3.8) is 0 Å². The number of piperidine rings is 1. The number of carbonyl (C=O) groups is 1. The summed E-state index contributed by atoms with van der Waals surface area (Å²) in [6.45, 7) is 1.39. The first-order chi connectivity index (χ1) is 9.15. The second kappa shape index (κ2) is 4.93. The van der Waals surface area contributed by atoms with Gasteiger partial charge in [0.2, 0.25) is 5.91 Å². The Labute approximate surface area is 112 Å². The molecular weight excluding hydrogens is 243 g/mol. The summed E-state index contributed by atoms with van der Waals surface area (Å²) in [5.41, 5.74) is 7.29. The van der Waals surface area contributed by atoms with Crippen LogP contribution in [-0.2, 0) is 4.79 Å². The van der Waals surface area contributed by atoms with Gasteiger partial charge in [0.05, 0.1) is 0 Å². The topological polar surface area (TPSA) is 46.3 Å². The molecule has 2 fully saturated rings. The average molecular weight is 262 g/mol. The molecule has 3 nitrogen and oxygen atoms in total. The molecule has 4 heteroatoms. The molecule has 1 aliphatic heterocycles. The molecule has 1 saturated carbocycles. The Kier molecular flexibility index (Phi) is 3.27. The van der Waals surface area contributed by atoms with Crippen LogP contribution in [0.2, 0.25) is 0 Å². The van der Waals surface area contributed by atoms with Crippen LogP contribution < -0.4 is 5.73 Å². The van der Waals surface area contributed by atoms with Crippen LogP contribution >= 0.6 is 0 Å². The Balaban J connectivity index is 1.66. The fraction of sp³-hybridized carbons (Fsp3) is 0.533. The third kappa shape index (κ3) is 2.63. The molecule has 1 amide bonds. The first-order valence-corrected chi connectivity index (χ1v) is 6.95. The van der Waals surface area contributed by atoms with Gasteiger partial charge in [-0.2, -0.15) is 0 Å². The molecule has 0 aromatic heterocycles. The number of hydrogen-bond acceptors (Lipinski definition) is 2. The molecule has 102 valence electrons. The van der Waals surface area contributed by atoms with Crippen LogP contribution in [0.25, 0.3) is 0 Å². The van der Waals surface area contributed by atoms with Crippen LogP contribution in [0.5, 0.6) is 0 Å². The fourth-order valence-corrected chi connectivity index (χ4v) is 2.89. The second-order valence-corrected chi connectivity index (χ2v) is 5.67. The largest absolute Gasteiger partial charge is 0.341 e. The standard InChI is InChI=1S/C15H19FN2O/c16-12-5-3-10(4-6-12)13-7-8-18(9-14(13)17)15(19)11-1-2-11/h3-6,11,13-14H,1-2,7-9,17H2. The molecule has 1 heterocycles. The number of carbonyl (C=O) groups excluding carboxylic acids is 1. The van der Waals surface area contributed by atoms with Gasteiger partial charge in [0.25, 0.3) is 0 Å². The minimum Gasteiger partial charge on any atom is -0.341 e. The number of benzene rings is 1. The number of hydrogen-bond donors (Lipinski definition) is 1. The zero-order chi connectivity index (χ0) is 13.4. The van der Waals surface area contributed by atoms with E-state index in [0.717, 1.165) is 31.4 Å². The molecule has 2 aliphatic rings. The first-order valence-electron chi connectivity index (χ1n) is 6.95. The Morgan fingerprint density at radius 2 is 1.89 bits per heavy atom. The summed E-state index contributed by atoms with van der Waals surface area (Å²) in [7, 11) is 0. The lowest BCUT2D eigenvalue weighted by Gasteiger charge is -2.37. The summed E-state index contributed by atoms with van der Waals surface area (Å²) in [5, 5.41) is 0. The third-order valence-electron chi connectivity index (χ3n) is 4.19. The van der Waals surface area contributed by atoms with Gasteiger partial charge >= 0.3 is 0 Å². The molecule has 1 saturated heterocycles. The Hall–Kier alpha value is -1.42. The van der Waals surface area contributed by atoms with E-state index in [1.54, 1.807) is 12.1 Å². The quantitative estimate of drug-likeness (QED) is 0.884. The van der Waals surface area contributed by atoms with Crippen molar-refractivity contribution in [2.45, 2.75) is 31.2 Å². The Morgan fingerprint density at radius 1 is 1.21 bits per heavy atom. The summed E-state index contributed by atoms with van der Waals surface area (Å²) >= 11 is 0. The van der Waals surface area contributed by atoms with E-state index < -0.39 is 0 Å². The van der Waals surface area contributed by atoms with E-state index in [-0.39, 0.29) is 29.6 Å². The number of halogens is 1. The number of nitrogens with two attached hydrogens (primary N) is 1. The summed E-state index contributed by atoms with van der Waals surface area (Å²) in [6, 6.07) is 6.51. The van der Waals surface area contributed by atoms with Gasteiger partial charge in [0.15, 0.2) is 0 Å². The second-order valence-electron chi connectivity index (χ2n) is 5.67. The molecule has 2 unspecified atom stereocenters. The smallest absolute Gasteiger partial charge is 0.225 e. The first kappa shape index (κ1) is 12.6. The number of likely N-dealkylation sites (tertiary alicyclic amines) is 1. The van der Waals surface area contributed by atoms with Crippen LogP contribution in [0.15, 0.2) is 24.3 Å². The van der Waals surface area contributed by atoms with Crippen LogP contribution in [0.4, 0.5) is 4.39 Å². The Bertz CT molecular complexity index is 470. The molecular formula is C15H19FN2O. The van der Waals surface area contributed by atoms with Crippen molar-refractivity contribution in [1.29, 1.82) is 0 Å². The van der Waals surface area contributed by atoms with Crippen LogP contribution in [0.3, 0.4) is 0 Å². The lowest BCUT2D eigenvalue weighted by molar-refractivity contribution is -0.133. The number of amides is 1. The van der Waals surface area contributed by atoms with Crippen molar-refractivity contribution in [3.05, 3.63) is 35.6 Å². The van der Waals surface area contributed by atoms with E-state index in [9.17, 15) is 9.18 Å². The Morgan fingerprint density at radius 3 is 2.47 bits per heavy atom. The highest BCUT2D eigenvalue weighted by Gasteiger charge is 2.37. The van der Waals surface area contributed by atoms with Gasteiger partial charge in [0.1, 0.15) is 5.82 Å². The van der Waals surface area contributed by atoms with Gasteiger partial charge in [-0.05, 0) is 37.0 Å². The van der Waals surface area contributed by atoms with E-state index >= 15 is 0 Å². The third-order valence-corrected chi connectivity index (χ3v) is 4.19. The minimum atomic E-state index is -0.223. The van der Waals surface area contributed by atoms with Gasteiger partial charge in [-0.25, -0.2) is 4.39 Å². The monoisotopic (exact) mass is 262 g/mol. The van der Waals surface area contributed by atoms with E-state index in [1.165, 1.54) is 12.1 Å². The van der Waals surface area contributed by atoms with Crippen molar-refractivity contribution < 1.29 is 9.18 Å². The average Bonchev–Trinajstić information content (AvgIpc) is 3.23. The van der Waals surface area contributed by atoms with Gasteiger partial charge < -0.3 is 10.6 Å². The molecule has 2 N–H and O–H groups in total. The highest BCUT2D eigenvalue weighted by atomic mass is 19.1. The van der Waals surface area contributed by atoms with Gasteiger partial charge in [-0.15, -0.1) is 0 Å². The predicted molar refractivity (Wildman–Crippen MR) is 71.0 cm³/mol. The highest BCUT2D eigenvalue weighted by molar-refractivity contribution is 5.81. The molecule has 19 heavy (non-hydrogen) atoms. The van der Waals surface area contributed by atoms with Gasteiger partial charge in [0, 0.05) is 31.0 Å². The van der Waals surface area contributed by atoms with Crippen LogP contribution in [0, 0.1) is 11.7 Å². The normalized spacial score (nSPS) is 27.4. The molecule has 2 atom stereocenters. The van der Waals surface area contributed by atoms with Gasteiger partial charge in [-0.3, -0.25) is 4.79 Å². The molecule has 0 spiro atoms. The van der Waals surface area contributed by atoms with E-state index in [1.807, 2.05) is 4.90 Å². The number of nitrogens with zero attached hydrogens (tertiary/aromatic N) is 1.